The summed E-state index contributed by atoms with van der Waals surface area (Å²) in [6.45, 7) is 8.34. The third kappa shape index (κ3) is 3.28. The fourth-order valence-electron chi connectivity index (χ4n) is 1.78. The van der Waals surface area contributed by atoms with Crippen molar-refractivity contribution in [2.75, 3.05) is 6.61 Å². The molecule has 0 bridgehead atoms. The zero-order valence-corrected chi connectivity index (χ0v) is 11.0. The Morgan fingerprint density at radius 3 is 2.71 bits per heavy atom. The van der Waals surface area contributed by atoms with Gasteiger partial charge in [0.25, 0.3) is 0 Å². The minimum atomic E-state index is -0.301. The average Bonchev–Trinajstić information content (AvgIpc) is 2.74. The average molecular weight is 239 g/mol. The van der Waals surface area contributed by atoms with Crippen LogP contribution in [-0.2, 0) is 9.53 Å². The van der Waals surface area contributed by atoms with Gasteiger partial charge in [-0.3, -0.25) is 4.79 Å². The van der Waals surface area contributed by atoms with Crippen LogP contribution in [0.1, 0.15) is 58.3 Å². The van der Waals surface area contributed by atoms with Crippen molar-refractivity contribution in [3.05, 3.63) is 12.2 Å². The molecule has 0 aliphatic carbocycles. The van der Waals surface area contributed by atoms with E-state index in [0.29, 0.717) is 12.4 Å². The highest BCUT2D eigenvalue weighted by Crippen LogP contribution is 2.23. The van der Waals surface area contributed by atoms with E-state index in [2.05, 4.69) is 10.2 Å². The number of ether oxygens (including phenoxy) is 1. The highest BCUT2D eigenvalue weighted by atomic mass is 16.5. The van der Waals surface area contributed by atoms with Crippen molar-refractivity contribution in [3.8, 4) is 0 Å². The van der Waals surface area contributed by atoms with Crippen LogP contribution < -0.4 is 0 Å². The van der Waals surface area contributed by atoms with E-state index in [1.807, 2.05) is 32.3 Å². The van der Waals surface area contributed by atoms with E-state index in [1.54, 1.807) is 6.33 Å². The van der Waals surface area contributed by atoms with Crippen LogP contribution in [0.25, 0.3) is 0 Å². The third-order valence-electron chi connectivity index (χ3n) is 2.62. The maximum atomic E-state index is 11.9. The van der Waals surface area contributed by atoms with Crippen LogP contribution in [0, 0.1) is 0 Å². The van der Waals surface area contributed by atoms with Gasteiger partial charge >= 0.3 is 5.97 Å². The van der Waals surface area contributed by atoms with Crippen LogP contribution in [0.3, 0.4) is 0 Å². The molecular weight excluding hydrogens is 218 g/mol. The molecule has 0 fully saturated rings. The van der Waals surface area contributed by atoms with Gasteiger partial charge in [0.05, 0.1) is 6.61 Å². The molecule has 1 aromatic heterocycles. The number of hydrogen-bond acceptors (Lipinski definition) is 4. The van der Waals surface area contributed by atoms with Gasteiger partial charge < -0.3 is 9.30 Å². The number of nitrogens with zero attached hydrogens (tertiary/aromatic N) is 3. The second kappa shape index (κ2) is 6.37. The van der Waals surface area contributed by atoms with Gasteiger partial charge in [0.2, 0.25) is 0 Å². The van der Waals surface area contributed by atoms with Crippen LogP contribution in [0.15, 0.2) is 6.33 Å². The van der Waals surface area contributed by atoms with Crippen molar-refractivity contribution in [2.24, 2.45) is 0 Å². The van der Waals surface area contributed by atoms with Crippen LogP contribution in [-0.4, -0.2) is 27.3 Å². The standard InChI is InChI=1S/C12H21N3O2/c1-5-7-10(12(16)17-6-2)11-14-13-8-15(11)9(3)4/h8-10H,5-7H2,1-4H3. The van der Waals surface area contributed by atoms with E-state index in [4.69, 9.17) is 4.74 Å². The first-order valence-corrected chi connectivity index (χ1v) is 6.17. The Morgan fingerprint density at radius 2 is 2.18 bits per heavy atom. The number of carbonyl (C=O) groups excluding carboxylic acids is 1. The van der Waals surface area contributed by atoms with Crippen molar-refractivity contribution < 1.29 is 9.53 Å². The van der Waals surface area contributed by atoms with Crippen molar-refractivity contribution in [1.82, 2.24) is 14.8 Å². The maximum Gasteiger partial charge on any atom is 0.316 e. The van der Waals surface area contributed by atoms with Gasteiger partial charge in [-0.05, 0) is 27.2 Å². The summed E-state index contributed by atoms with van der Waals surface area (Å²) in [5.74, 6) is 0.203. The van der Waals surface area contributed by atoms with Gasteiger partial charge in [-0.1, -0.05) is 13.3 Å². The molecule has 0 aromatic carbocycles. The Morgan fingerprint density at radius 1 is 1.47 bits per heavy atom. The molecule has 0 saturated heterocycles. The summed E-state index contributed by atoms with van der Waals surface area (Å²) < 4.78 is 7.02. The van der Waals surface area contributed by atoms with Gasteiger partial charge in [-0.15, -0.1) is 10.2 Å². The van der Waals surface area contributed by atoms with Gasteiger partial charge in [0.15, 0.2) is 0 Å². The molecule has 0 spiro atoms. The van der Waals surface area contributed by atoms with E-state index in [-0.39, 0.29) is 17.9 Å². The summed E-state index contributed by atoms with van der Waals surface area (Å²) in [4.78, 5) is 11.9. The molecule has 5 heteroatoms. The molecule has 0 radical (unpaired) electrons. The van der Waals surface area contributed by atoms with E-state index < -0.39 is 0 Å². The second-order valence-electron chi connectivity index (χ2n) is 4.28. The van der Waals surface area contributed by atoms with E-state index in [9.17, 15) is 4.79 Å². The lowest BCUT2D eigenvalue weighted by molar-refractivity contribution is -0.145. The van der Waals surface area contributed by atoms with Crippen molar-refractivity contribution >= 4 is 5.97 Å². The van der Waals surface area contributed by atoms with Crippen LogP contribution in [0.5, 0.6) is 0 Å². The van der Waals surface area contributed by atoms with Crippen LogP contribution in [0.4, 0.5) is 0 Å². The Labute approximate surface area is 102 Å². The summed E-state index contributed by atoms with van der Waals surface area (Å²) in [5.41, 5.74) is 0. The summed E-state index contributed by atoms with van der Waals surface area (Å²) in [6.07, 6.45) is 3.32. The SMILES string of the molecule is CCCC(C(=O)OCC)c1nncn1C(C)C. The predicted octanol–water partition coefficient (Wildman–Crippen LogP) is 2.31. The fraction of sp³-hybridized carbons (Fsp3) is 0.750. The number of rotatable bonds is 6. The molecule has 1 aromatic rings. The normalized spacial score (nSPS) is 12.8. The highest BCUT2D eigenvalue weighted by molar-refractivity contribution is 5.77. The molecule has 0 aliphatic heterocycles. The largest absolute Gasteiger partial charge is 0.465 e. The molecule has 1 heterocycles. The molecular formula is C12H21N3O2. The zero-order chi connectivity index (χ0) is 12.8. The smallest absolute Gasteiger partial charge is 0.316 e. The van der Waals surface area contributed by atoms with E-state index >= 15 is 0 Å². The minimum absolute atomic E-state index is 0.204. The first kappa shape index (κ1) is 13.7. The van der Waals surface area contributed by atoms with Crippen LogP contribution >= 0.6 is 0 Å². The Balaban J connectivity index is 2.96. The summed E-state index contributed by atoms with van der Waals surface area (Å²) in [5, 5.41) is 7.97. The topological polar surface area (TPSA) is 57.0 Å². The summed E-state index contributed by atoms with van der Waals surface area (Å²) in [7, 11) is 0. The summed E-state index contributed by atoms with van der Waals surface area (Å²) >= 11 is 0. The molecule has 0 N–H and O–H groups in total. The first-order chi connectivity index (χ1) is 8.11. The molecule has 5 nitrogen and oxygen atoms in total. The van der Waals surface area contributed by atoms with Crippen molar-refractivity contribution in [1.29, 1.82) is 0 Å². The molecule has 96 valence electrons. The van der Waals surface area contributed by atoms with Gasteiger partial charge in [-0.25, -0.2) is 0 Å². The van der Waals surface area contributed by atoms with Gasteiger partial charge in [0.1, 0.15) is 18.1 Å². The Hall–Kier alpha value is -1.39. The number of carbonyl (C=O) groups is 1. The number of esters is 1. The van der Waals surface area contributed by atoms with E-state index in [0.717, 1.165) is 12.8 Å². The molecule has 0 amide bonds. The predicted molar refractivity (Wildman–Crippen MR) is 64.7 cm³/mol. The van der Waals surface area contributed by atoms with Crippen LogP contribution in [0.2, 0.25) is 0 Å². The number of hydrogen-bond donors (Lipinski definition) is 0. The second-order valence-corrected chi connectivity index (χ2v) is 4.28. The van der Waals surface area contributed by atoms with Gasteiger partial charge in [0, 0.05) is 6.04 Å². The Bertz CT molecular complexity index is 360. The lowest BCUT2D eigenvalue weighted by Crippen LogP contribution is -2.20. The molecule has 1 unspecified atom stereocenters. The number of aromatic nitrogens is 3. The van der Waals surface area contributed by atoms with Crippen molar-refractivity contribution in [3.63, 3.8) is 0 Å². The molecule has 17 heavy (non-hydrogen) atoms. The lowest BCUT2D eigenvalue weighted by atomic mass is 10.0. The highest BCUT2D eigenvalue weighted by Gasteiger charge is 2.26. The molecule has 1 atom stereocenters. The monoisotopic (exact) mass is 239 g/mol. The zero-order valence-electron chi connectivity index (χ0n) is 11.0. The quantitative estimate of drug-likeness (QED) is 0.715. The summed E-state index contributed by atoms with van der Waals surface area (Å²) in [6, 6.07) is 0.244. The first-order valence-electron chi connectivity index (χ1n) is 6.17. The molecule has 1 rings (SSSR count). The van der Waals surface area contributed by atoms with E-state index in [1.165, 1.54) is 0 Å². The van der Waals surface area contributed by atoms with Gasteiger partial charge in [-0.2, -0.15) is 0 Å². The molecule has 0 aliphatic rings. The van der Waals surface area contributed by atoms with Crippen molar-refractivity contribution in [2.45, 2.75) is 52.5 Å². The molecule has 0 saturated carbocycles. The third-order valence-corrected chi connectivity index (χ3v) is 2.62. The lowest BCUT2D eigenvalue weighted by Gasteiger charge is -2.17. The fourth-order valence-corrected chi connectivity index (χ4v) is 1.78. The minimum Gasteiger partial charge on any atom is -0.465 e. The maximum absolute atomic E-state index is 11.9. The Kier molecular flexibility index (Phi) is 5.12.